The molecule has 0 heterocycles. The Labute approximate surface area is 120 Å². The van der Waals surface area contributed by atoms with E-state index >= 15 is 0 Å². The van der Waals surface area contributed by atoms with Gasteiger partial charge in [0.2, 0.25) is 0 Å². The van der Waals surface area contributed by atoms with Crippen LogP contribution in [0.2, 0.25) is 0 Å². The van der Waals surface area contributed by atoms with Gasteiger partial charge in [0.05, 0.1) is 18.4 Å². The van der Waals surface area contributed by atoms with Crippen LogP contribution in [0.4, 0.5) is 5.69 Å². The minimum Gasteiger partial charge on any atom is -0.494 e. The summed E-state index contributed by atoms with van der Waals surface area (Å²) in [7, 11) is 1.49. The van der Waals surface area contributed by atoms with E-state index in [-0.39, 0.29) is 12.5 Å². The topological polar surface area (TPSA) is 84.6 Å². The third kappa shape index (κ3) is 4.42. The maximum atomic E-state index is 12.2. The Morgan fingerprint density at radius 1 is 1.45 bits per heavy atom. The number of para-hydroxylation sites is 1. The van der Waals surface area contributed by atoms with Crippen molar-refractivity contribution in [2.24, 2.45) is 5.92 Å². The van der Waals surface area contributed by atoms with E-state index in [4.69, 9.17) is 15.6 Å². The summed E-state index contributed by atoms with van der Waals surface area (Å²) in [4.78, 5) is 12.2. The second kappa shape index (κ2) is 8.43. The van der Waals surface area contributed by atoms with Crippen molar-refractivity contribution >= 4 is 11.6 Å². The Balaban J connectivity index is 2.69. The average Bonchev–Trinajstić information content (AvgIpc) is 2.44. The van der Waals surface area contributed by atoms with Crippen molar-refractivity contribution in [2.75, 3.05) is 26.0 Å². The molecular weight excluding hydrogens is 256 g/mol. The summed E-state index contributed by atoms with van der Waals surface area (Å²) in [6.07, 6.45) is 2.71. The number of methoxy groups -OCH3 is 1. The van der Waals surface area contributed by atoms with Crippen LogP contribution < -0.4 is 15.8 Å². The summed E-state index contributed by atoms with van der Waals surface area (Å²) < 4.78 is 5.17. The summed E-state index contributed by atoms with van der Waals surface area (Å²) >= 11 is 0. The molecule has 0 radical (unpaired) electrons. The molecule has 1 atom stereocenters. The van der Waals surface area contributed by atoms with Crippen molar-refractivity contribution in [1.82, 2.24) is 5.32 Å². The zero-order valence-electron chi connectivity index (χ0n) is 12.2. The highest BCUT2D eigenvalue weighted by Gasteiger charge is 2.15. The molecule has 1 amide bonds. The highest BCUT2D eigenvalue weighted by Crippen LogP contribution is 2.25. The molecule has 0 saturated carbocycles. The predicted molar refractivity (Wildman–Crippen MR) is 79.8 cm³/mol. The third-order valence-corrected chi connectivity index (χ3v) is 3.28. The van der Waals surface area contributed by atoms with Crippen molar-refractivity contribution in [3.63, 3.8) is 0 Å². The van der Waals surface area contributed by atoms with Crippen LogP contribution in [0.3, 0.4) is 0 Å². The number of rotatable bonds is 8. The minimum absolute atomic E-state index is 0.141. The molecule has 0 fully saturated rings. The van der Waals surface area contributed by atoms with Crippen molar-refractivity contribution in [3.05, 3.63) is 23.8 Å². The number of nitrogen functional groups attached to an aromatic ring is 1. The molecule has 20 heavy (non-hydrogen) atoms. The minimum atomic E-state index is -0.201. The Morgan fingerprint density at radius 3 is 2.80 bits per heavy atom. The van der Waals surface area contributed by atoms with Gasteiger partial charge in [-0.1, -0.05) is 19.4 Å². The number of anilines is 1. The third-order valence-electron chi connectivity index (χ3n) is 3.28. The van der Waals surface area contributed by atoms with E-state index in [0.717, 1.165) is 12.8 Å². The van der Waals surface area contributed by atoms with Gasteiger partial charge in [0.25, 0.3) is 5.91 Å². The van der Waals surface area contributed by atoms with Gasteiger partial charge in [0.15, 0.2) is 5.75 Å². The van der Waals surface area contributed by atoms with Gasteiger partial charge in [-0.15, -0.1) is 0 Å². The van der Waals surface area contributed by atoms with Crippen LogP contribution in [0.25, 0.3) is 0 Å². The van der Waals surface area contributed by atoms with Gasteiger partial charge < -0.3 is 20.9 Å². The summed E-state index contributed by atoms with van der Waals surface area (Å²) in [5, 5.41) is 11.9. The first-order chi connectivity index (χ1) is 9.63. The summed E-state index contributed by atoms with van der Waals surface area (Å²) in [5.41, 5.74) is 6.66. The van der Waals surface area contributed by atoms with Crippen molar-refractivity contribution < 1.29 is 14.6 Å². The number of nitrogens with two attached hydrogens (primary N) is 1. The second-order valence-corrected chi connectivity index (χ2v) is 4.81. The molecule has 0 spiro atoms. The summed E-state index contributed by atoms with van der Waals surface area (Å²) in [6.45, 7) is 2.78. The van der Waals surface area contributed by atoms with E-state index in [2.05, 4.69) is 12.2 Å². The van der Waals surface area contributed by atoms with Crippen LogP contribution in [0.1, 0.15) is 36.5 Å². The number of ether oxygens (including phenoxy) is 1. The van der Waals surface area contributed by atoms with E-state index in [1.807, 2.05) is 0 Å². The number of hydrogen-bond acceptors (Lipinski definition) is 4. The molecule has 0 saturated heterocycles. The highest BCUT2D eigenvalue weighted by molar-refractivity contribution is 5.98. The van der Waals surface area contributed by atoms with Crippen LogP contribution in [-0.4, -0.2) is 31.3 Å². The molecule has 1 aromatic rings. The number of amides is 1. The molecular formula is C15H24N2O3. The summed E-state index contributed by atoms with van der Waals surface area (Å²) in [6, 6.07) is 5.11. The average molecular weight is 280 g/mol. The first kappa shape index (κ1) is 16.3. The molecule has 1 aromatic carbocycles. The fourth-order valence-corrected chi connectivity index (χ4v) is 2.23. The smallest absolute Gasteiger partial charge is 0.255 e. The quantitative estimate of drug-likeness (QED) is 0.634. The number of hydrogen-bond donors (Lipinski definition) is 3. The van der Waals surface area contributed by atoms with Crippen LogP contribution in [0, 0.1) is 5.92 Å². The first-order valence-electron chi connectivity index (χ1n) is 6.95. The zero-order valence-corrected chi connectivity index (χ0v) is 12.2. The largest absolute Gasteiger partial charge is 0.494 e. The molecule has 0 aliphatic rings. The Hall–Kier alpha value is -1.75. The molecule has 0 aliphatic carbocycles. The molecule has 112 valence electrons. The van der Waals surface area contributed by atoms with Gasteiger partial charge in [-0.3, -0.25) is 4.79 Å². The van der Waals surface area contributed by atoms with E-state index < -0.39 is 0 Å². The normalized spacial score (nSPS) is 11.9. The number of aliphatic hydroxyl groups is 1. The van der Waals surface area contributed by atoms with Crippen molar-refractivity contribution in [3.8, 4) is 5.75 Å². The van der Waals surface area contributed by atoms with Gasteiger partial charge in [0.1, 0.15) is 0 Å². The van der Waals surface area contributed by atoms with Crippen LogP contribution in [-0.2, 0) is 0 Å². The lowest BCUT2D eigenvalue weighted by molar-refractivity contribution is 0.0940. The maximum absolute atomic E-state index is 12.2. The van der Waals surface area contributed by atoms with E-state index in [9.17, 15) is 4.79 Å². The van der Waals surface area contributed by atoms with Gasteiger partial charge in [-0.25, -0.2) is 0 Å². The predicted octanol–water partition coefficient (Wildman–Crippen LogP) is 1.81. The SMILES string of the molecule is CCCC(CCO)CNC(=O)c1cccc(N)c1OC. The molecule has 1 rings (SSSR count). The molecule has 1 unspecified atom stereocenters. The van der Waals surface area contributed by atoms with Crippen LogP contribution in [0.15, 0.2) is 18.2 Å². The van der Waals surface area contributed by atoms with Gasteiger partial charge in [-0.2, -0.15) is 0 Å². The zero-order chi connectivity index (χ0) is 15.0. The van der Waals surface area contributed by atoms with Gasteiger partial charge >= 0.3 is 0 Å². The van der Waals surface area contributed by atoms with Gasteiger partial charge in [0, 0.05) is 13.2 Å². The van der Waals surface area contributed by atoms with E-state index in [0.29, 0.717) is 35.9 Å². The van der Waals surface area contributed by atoms with Gasteiger partial charge in [-0.05, 0) is 30.9 Å². The molecule has 0 aliphatic heterocycles. The lowest BCUT2D eigenvalue weighted by Crippen LogP contribution is -2.30. The van der Waals surface area contributed by atoms with Crippen molar-refractivity contribution in [2.45, 2.75) is 26.2 Å². The number of benzene rings is 1. The fourth-order valence-electron chi connectivity index (χ4n) is 2.23. The monoisotopic (exact) mass is 280 g/mol. The van der Waals surface area contributed by atoms with E-state index in [1.54, 1.807) is 18.2 Å². The number of aliphatic hydroxyl groups excluding tert-OH is 1. The molecule has 0 bridgehead atoms. The Morgan fingerprint density at radius 2 is 2.20 bits per heavy atom. The fraction of sp³-hybridized carbons (Fsp3) is 0.533. The maximum Gasteiger partial charge on any atom is 0.255 e. The first-order valence-corrected chi connectivity index (χ1v) is 6.95. The lowest BCUT2D eigenvalue weighted by atomic mass is 10.00. The number of carbonyl (C=O) groups excluding carboxylic acids is 1. The summed E-state index contributed by atoms with van der Waals surface area (Å²) in [5.74, 6) is 0.494. The standard InChI is InChI=1S/C15H24N2O3/c1-3-5-11(8-9-18)10-17-15(19)12-6-4-7-13(16)14(12)20-2/h4,6-7,11,18H,3,5,8-10,16H2,1-2H3,(H,17,19). The van der Waals surface area contributed by atoms with E-state index in [1.165, 1.54) is 7.11 Å². The molecule has 5 heteroatoms. The van der Waals surface area contributed by atoms with Crippen LogP contribution in [0.5, 0.6) is 5.75 Å². The Bertz CT molecular complexity index is 429. The molecule has 0 aromatic heterocycles. The highest BCUT2D eigenvalue weighted by atomic mass is 16.5. The Kier molecular flexibility index (Phi) is 6.87. The van der Waals surface area contributed by atoms with Crippen LogP contribution >= 0.6 is 0 Å². The second-order valence-electron chi connectivity index (χ2n) is 4.81. The van der Waals surface area contributed by atoms with Crippen molar-refractivity contribution in [1.29, 1.82) is 0 Å². The lowest BCUT2D eigenvalue weighted by Gasteiger charge is -2.16. The molecule has 5 nitrogen and oxygen atoms in total. The number of nitrogens with one attached hydrogen (secondary N) is 1. The molecule has 4 N–H and O–H groups in total. The number of carbonyl (C=O) groups is 1.